The van der Waals surface area contributed by atoms with Crippen LogP contribution in [-0.2, 0) is 80.3 Å². The molecule has 10 heterocycles. The smallest absolute Gasteiger partial charge is 0.412 e. The summed E-state index contributed by atoms with van der Waals surface area (Å²) in [6.07, 6.45) is 0. The van der Waals surface area contributed by atoms with E-state index in [1.807, 2.05) is 24.3 Å². The molecule has 8 aromatic carbocycles. The number of rotatable bonds is 6. The standard InChI is InChI=1S/C108H112N16O2Si2.2Zn/c1-101(2,3)63-35-43-71-79(51-63)97-115-87(71)111-93-77-49-59(31-41-69(77)85(109-93)113-95-81-53-65(103(7,8)9)37-45-73(81)89(117-95)121-99-83-55-67(105(13,14)15)39-47-75(83)91(119-97)123-99)29-33-61(57-125-127(25,26)107(19,20)21)62(58-126-128(27,28)108(22,23)24)34-30-60-32-42-70-78(50-60)94-110-86(70)114-96-82-54-66(104(10,11)12)38-46-74(82)90(118-96)122-100-84-56-68(106(16,17)18)40-48-76(84)92(124-100)120-98-80-52-64(102(4,5)6)36-44-72(80)88(112-94)116-98;;/h31-32,35-56H,57-58H2,1-28H3;;/q-4;2*+2/b62-61+;;. The molecule has 130 heavy (non-hydrogen) atoms. The quantitative estimate of drug-likeness (QED) is 0.111. The van der Waals surface area contributed by atoms with Crippen molar-refractivity contribution < 1.29 is 47.8 Å². The van der Waals surface area contributed by atoms with E-state index in [9.17, 15) is 0 Å². The van der Waals surface area contributed by atoms with Crippen LogP contribution in [0, 0.1) is 23.7 Å². The summed E-state index contributed by atoms with van der Waals surface area (Å²) in [7, 11) is -4.95. The van der Waals surface area contributed by atoms with Crippen LogP contribution in [0.3, 0.4) is 0 Å². The molecule has 6 aromatic heterocycles. The summed E-state index contributed by atoms with van der Waals surface area (Å²) in [5, 5.41) is 6.39. The SMILES string of the molecule is CC(C)(C)c1ccc2c(c1)-c1nc-2nc2[n-]c(nc3nc(nc4[n-]c(n1)c1ccc(C(C)(C)C)cc41)-c1ccc(C#C/C(CO[Si](C)(C)C(C)(C)C)=C(/C#Cc4ccc5c(c4)-c4nc-5nc5[n-]c(nc6nc(nc7[n-]c(n4)c4ccc(C(C)(C)C)cc74)-c4ccc(C(C)(C)C)cc4-6)c4ccc(C(C)(C)C)cc54)CO[Si](C)(C)C(C)(C)C)cc1-3)c1ccc(C(C)(C)C)cc21.[Zn+2].[Zn+2]. The van der Waals surface area contributed by atoms with Gasteiger partial charge in [0, 0.05) is 112 Å². The molecule has 4 aliphatic heterocycles. The minimum atomic E-state index is -2.48. The van der Waals surface area contributed by atoms with Gasteiger partial charge in [-0.25, -0.2) is 19.9 Å². The number of aromatic nitrogens is 16. The molecule has 0 saturated carbocycles. The molecular weight excluding hydrogens is 1740 g/mol. The topological polar surface area (TPSA) is 230 Å². The van der Waals surface area contributed by atoms with Gasteiger partial charge in [0.15, 0.2) is 16.6 Å². The molecule has 18 nitrogen and oxygen atoms in total. The number of benzene rings is 8. The van der Waals surface area contributed by atoms with Gasteiger partial charge >= 0.3 is 39.0 Å². The maximum absolute atomic E-state index is 7.28. The fourth-order valence-electron chi connectivity index (χ4n) is 15.9. The van der Waals surface area contributed by atoms with Crippen molar-refractivity contribution in [1.82, 2.24) is 79.7 Å². The van der Waals surface area contributed by atoms with Gasteiger partial charge in [0.2, 0.25) is 0 Å². The summed E-state index contributed by atoms with van der Waals surface area (Å²) in [6, 6.07) is 51.0. The van der Waals surface area contributed by atoms with Gasteiger partial charge in [-0.2, -0.15) is 0 Å². The van der Waals surface area contributed by atoms with Crippen molar-refractivity contribution in [1.29, 1.82) is 0 Å². The Bertz CT molecular complexity index is 7140. The number of nitrogens with zero attached hydrogens (tertiary/aromatic N) is 16. The van der Waals surface area contributed by atoms with Crippen molar-refractivity contribution in [3.8, 4) is 115 Å². The Morgan fingerprint density at radius 3 is 0.677 bits per heavy atom. The van der Waals surface area contributed by atoms with E-state index in [1.165, 1.54) is 0 Å². The van der Waals surface area contributed by atoms with Crippen molar-refractivity contribution in [3.63, 3.8) is 0 Å². The fraction of sp³-hybridized carbons (Fsp3) is 0.352. The largest absolute Gasteiger partial charge is 2.00 e. The Morgan fingerprint density at radius 2 is 0.446 bits per heavy atom. The maximum atomic E-state index is 7.28. The number of fused-ring (bicyclic) bond motifs is 40. The Morgan fingerprint density at radius 1 is 0.246 bits per heavy atom. The molecule has 0 aliphatic carbocycles. The Labute approximate surface area is 790 Å². The zero-order chi connectivity index (χ0) is 91.2. The minimum absolute atomic E-state index is 0. The molecule has 4 aliphatic rings. The average Bonchev–Trinajstić information content (AvgIpc) is 1.59. The van der Waals surface area contributed by atoms with Crippen LogP contribution in [-0.4, -0.2) is 89.7 Å². The average molecular weight is 1850 g/mol. The van der Waals surface area contributed by atoms with Crippen molar-refractivity contribution in [3.05, 3.63) is 201 Å². The molecule has 14 aromatic rings. The number of hydrogen-bond acceptors (Lipinski definition) is 14. The first-order valence-corrected chi connectivity index (χ1v) is 50.3. The molecule has 22 heteroatoms. The Hall–Kier alpha value is -11.1. The molecule has 18 rings (SSSR count). The summed E-state index contributed by atoms with van der Waals surface area (Å²) in [5.41, 5.74) is 18.7. The normalized spacial score (nSPS) is 13.4. The van der Waals surface area contributed by atoms with Crippen LogP contribution in [0.25, 0.3) is 179 Å². The first-order chi connectivity index (χ1) is 59.8. The second kappa shape index (κ2) is 32.5. The summed E-state index contributed by atoms with van der Waals surface area (Å²) >= 11 is 0. The molecule has 0 atom stereocenters. The molecule has 0 saturated heterocycles. The molecule has 0 spiro atoms. The summed E-state index contributed by atoms with van der Waals surface area (Å²) in [6.45, 7) is 62.8. The predicted molar refractivity (Wildman–Crippen MR) is 527 cm³/mol. The van der Waals surface area contributed by atoms with E-state index in [1.54, 1.807) is 0 Å². The van der Waals surface area contributed by atoms with Crippen molar-refractivity contribution in [2.45, 2.75) is 235 Å². The van der Waals surface area contributed by atoms with E-state index in [0.29, 0.717) is 114 Å². The van der Waals surface area contributed by atoms with Crippen LogP contribution in [0.5, 0.6) is 0 Å². The third-order valence-electron chi connectivity index (χ3n) is 26.4. The van der Waals surface area contributed by atoms with Crippen molar-refractivity contribution >= 4 is 105 Å². The molecule has 0 amide bonds. The predicted octanol–water partition coefficient (Wildman–Crippen LogP) is 25.1. The number of hydrogen-bond donors (Lipinski definition) is 0. The van der Waals surface area contributed by atoms with Gasteiger partial charge in [-0.3, -0.25) is 0 Å². The van der Waals surface area contributed by atoms with E-state index in [-0.39, 0.29) is 94.7 Å². The van der Waals surface area contributed by atoms with Crippen LogP contribution >= 0.6 is 0 Å². The van der Waals surface area contributed by atoms with Gasteiger partial charge in [-0.1, -0.05) is 275 Å². The van der Waals surface area contributed by atoms with Gasteiger partial charge in [0.25, 0.3) is 0 Å². The third-order valence-corrected chi connectivity index (χ3v) is 35.4. The van der Waals surface area contributed by atoms with Crippen molar-refractivity contribution in [2.75, 3.05) is 13.2 Å². The maximum Gasteiger partial charge on any atom is 2.00 e. The molecule has 0 N–H and O–H groups in total. The Kier molecular flexibility index (Phi) is 23.0. The second-order valence-electron chi connectivity index (χ2n) is 44.1. The van der Waals surface area contributed by atoms with Crippen LogP contribution < -0.4 is 19.9 Å². The first-order valence-electron chi connectivity index (χ1n) is 44.5. The molecular formula is C108H112N16O2Si2Zn2. The van der Waals surface area contributed by atoms with Crippen molar-refractivity contribution in [2.24, 2.45) is 0 Å². The van der Waals surface area contributed by atoms with Crippen LogP contribution in [0.1, 0.15) is 211 Å². The fourth-order valence-corrected chi connectivity index (χ4v) is 17.8. The van der Waals surface area contributed by atoms with Gasteiger partial charge < -0.3 is 68.7 Å². The summed E-state index contributed by atoms with van der Waals surface area (Å²) < 4.78 is 14.6. The zero-order valence-electron chi connectivity index (χ0n) is 80.7. The van der Waals surface area contributed by atoms with Crippen LogP contribution in [0.4, 0.5) is 0 Å². The van der Waals surface area contributed by atoms with E-state index in [4.69, 9.17) is 88.6 Å². The summed E-state index contributed by atoms with van der Waals surface area (Å²) in [4.78, 5) is 86.3. The third kappa shape index (κ3) is 17.4. The minimum Gasteiger partial charge on any atom is -0.412 e. The van der Waals surface area contributed by atoms with E-state index in [2.05, 4.69) is 337 Å². The van der Waals surface area contributed by atoms with E-state index in [0.717, 1.165) is 121 Å². The second-order valence-corrected chi connectivity index (χ2v) is 53.7. The van der Waals surface area contributed by atoms with Gasteiger partial charge in [0.05, 0.1) is 59.8 Å². The molecule has 0 fully saturated rings. The van der Waals surface area contributed by atoms with E-state index >= 15 is 0 Å². The van der Waals surface area contributed by atoms with Gasteiger partial charge in [0.1, 0.15) is 0 Å². The molecule has 16 bridgehead atoms. The molecule has 648 valence electrons. The molecule has 0 unspecified atom stereocenters. The van der Waals surface area contributed by atoms with Gasteiger partial charge in [-0.15, -0.1) is 0 Å². The summed E-state index contributed by atoms with van der Waals surface area (Å²) in [5.74, 6) is 18.5. The zero-order valence-corrected chi connectivity index (χ0v) is 88.6. The van der Waals surface area contributed by atoms with E-state index < -0.39 is 16.6 Å². The Balaban J connectivity index is 0.00000618. The molecule has 0 radical (unpaired) electrons. The first kappa shape index (κ1) is 92.2. The van der Waals surface area contributed by atoms with Crippen LogP contribution in [0.15, 0.2) is 157 Å². The van der Waals surface area contributed by atoms with Gasteiger partial charge in [-0.05, 0) is 206 Å². The monoisotopic (exact) mass is 1850 g/mol. The van der Waals surface area contributed by atoms with Crippen LogP contribution in [0.2, 0.25) is 36.3 Å².